The van der Waals surface area contributed by atoms with Crippen LogP contribution in [0.15, 0.2) is 29.4 Å². The summed E-state index contributed by atoms with van der Waals surface area (Å²) in [6.45, 7) is 3.20. The summed E-state index contributed by atoms with van der Waals surface area (Å²) in [4.78, 5) is 0. The Morgan fingerprint density at radius 1 is 1.40 bits per heavy atom. The molecule has 0 radical (unpaired) electrons. The van der Waals surface area contributed by atoms with Crippen molar-refractivity contribution in [3.05, 3.63) is 35.4 Å². The minimum Gasteiger partial charge on any atom is -0.409 e. The molecule has 0 saturated heterocycles. The van der Waals surface area contributed by atoms with E-state index in [0.29, 0.717) is 0 Å². The summed E-state index contributed by atoms with van der Waals surface area (Å²) < 4.78 is 38.3. The average Bonchev–Trinajstić information content (AvgIpc) is 2.37. The van der Waals surface area contributed by atoms with Crippen LogP contribution in [-0.4, -0.2) is 23.8 Å². The number of hydrogen-bond donors (Lipinski definition) is 3. The molecule has 0 fully saturated rings. The van der Waals surface area contributed by atoms with Gasteiger partial charge in [0, 0.05) is 12.6 Å². The van der Waals surface area contributed by atoms with Crippen molar-refractivity contribution in [1.82, 2.24) is 5.32 Å². The van der Waals surface area contributed by atoms with E-state index in [4.69, 9.17) is 10.9 Å². The van der Waals surface area contributed by atoms with E-state index in [-0.39, 0.29) is 6.04 Å². The number of oxime groups is 1. The Balaban J connectivity index is 2.76. The molecular formula is C13H18F3N3O. The highest BCUT2D eigenvalue weighted by Gasteiger charge is 2.42. The number of nitrogens with one attached hydrogen (secondary N) is 1. The summed E-state index contributed by atoms with van der Waals surface area (Å²) in [6, 6.07) is 7.15. The van der Waals surface area contributed by atoms with Crippen molar-refractivity contribution < 1.29 is 18.4 Å². The molecule has 0 bridgehead atoms. The molecule has 0 heterocycles. The molecule has 0 aliphatic carbocycles. The fourth-order valence-electron chi connectivity index (χ4n) is 1.93. The third-order valence-electron chi connectivity index (χ3n) is 3.15. The molecule has 4 nitrogen and oxygen atoms in total. The summed E-state index contributed by atoms with van der Waals surface area (Å²) in [5.41, 5.74) is 6.99. The first-order valence-corrected chi connectivity index (χ1v) is 6.10. The van der Waals surface area contributed by atoms with Crippen LogP contribution in [0.4, 0.5) is 13.2 Å². The van der Waals surface area contributed by atoms with Gasteiger partial charge in [0.25, 0.3) is 0 Å². The Bertz CT molecular complexity index is 474. The second-order valence-electron chi connectivity index (χ2n) is 4.61. The topological polar surface area (TPSA) is 70.6 Å². The van der Waals surface area contributed by atoms with Gasteiger partial charge in [0.2, 0.25) is 0 Å². The van der Waals surface area contributed by atoms with Crippen LogP contribution in [0.2, 0.25) is 0 Å². The van der Waals surface area contributed by atoms with Gasteiger partial charge < -0.3 is 16.3 Å². The van der Waals surface area contributed by atoms with Crippen LogP contribution in [0.25, 0.3) is 0 Å². The maximum atomic E-state index is 12.8. The number of nitrogens with two attached hydrogens (primary N) is 1. The number of halogens is 3. The minimum absolute atomic E-state index is 0.271. The number of benzene rings is 1. The zero-order valence-corrected chi connectivity index (χ0v) is 11.3. The van der Waals surface area contributed by atoms with Crippen molar-refractivity contribution in [1.29, 1.82) is 0 Å². The summed E-state index contributed by atoms with van der Waals surface area (Å²) in [5.74, 6) is -2.86. The standard InChI is InChI=1S/C13H18F3N3O/c1-8-5-3-4-6-10(8)9(2)18-7-11(12(17)19-20)13(14,15)16/h3-6,9,11,18,20H,7H2,1-2H3,(H2,17,19)/t9-,11?/m0/s1. The molecule has 20 heavy (non-hydrogen) atoms. The summed E-state index contributed by atoms with van der Waals surface area (Å²) >= 11 is 0. The number of hydrogen-bond acceptors (Lipinski definition) is 3. The van der Waals surface area contributed by atoms with Gasteiger partial charge in [-0.2, -0.15) is 13.2 Å². The van der Waals surface area contributed by atoms with Crippen molar-refractivity contribution in [3.63, 3.8) is 0 Å². The molecule has 1 aromatic rings. The second kappa shape index (κ2) is 6.60. The van der Waals surface area contributed by atoms with Gasteiger partial charge in [-0.1, -0.05) is 29.4 Å². The van der Waals surface area contributed by atoms with Crippen molar-refractivity contribution in [3.8, 4) is 0 Å². The van der Waals surface area contributed by atoms with Gasteiger partial charge in [-0.15, -0.1) is 0 Å². The zero-order chi connectivity index (χ0) is 15.3. The lowest BCUT2D eigenvalue weighted by Gasteiger charge is -2.23. The quantitative estimate of drug-likeness (QED) is 0.338. The van der Waals surface area contributed by atoms with Gasteiger partial charge in [0.1, 0.15) is 5.92 Å². The SMILES string of the molecule is Cc1ccccc1[C@H](C)NCC(/C(N)=N/O)C(F)(F)F. The number of aryl methyl sites for hydroxylation is 1. The van der Waals surface area contributed by atoms with Crippen molar-refractivity contribution >= 4 is 5.84 Å². The van der Waals surface area contributed by atoms with Crippen LogP contribution in [0.5, 0.6) is 0 Å². The van der Waals surface area contributed by atoms with Gasteiger partial charge in [0.05, 0.1) is 0 Å². The van der Waals surface area contributed by atoms with Crippen LogP contribution in [0, 0.1) is 12.8 Å². The van der Waals surface area contributed by atoms with Crippen molar-refractivity contribution in [2.24, 2.45) is 16.8 Å². The molecule has 1 aromatic carbocycles. The first-order chi connectivity index (χ1) is 9.27. The van der Waals surface area contributed by atoms with E-state index < -0.39 is 24.5 Å². The molecule has 0 aromatic heterocycles. The molecule has 0 aliphatic heterocycles. The van der Waals surface area contributed by atoms with Gasteiger partial charge in [-0.25, -0.2) is 0 Å². The van der Waals surface area contributed by atoms with Gasteiger partial charge >= 0.3 is 6.18 Å². The smallest absolute Gasteiger partial charge is 0.400 e. The molecule has 2 atom stereocenters. The molecule has 0 saturated carbocycles. The Labute approximate surface area is 115 Å². The van der Waals surface area contributed by atoms with E-state index in [1.165, 1.54) is 0 Å². The summed E-state index contributed by atoms with van der Waals surface area (Å²) in [6.07, 6.45) is -4.56. The lowest BCUT2D eigenvalue weighted by molar-refractivity contribution is -0.155. The van der Waals surface area contributed by atoms with Crippen LogP contribution >= 0.6 is 0 Å². The average molecular weight is 289 g/mol. The van der Waals surface area contributed by atoms with E-state index >= 15 is 0 Å². The van der Waals surface area contributed by atoms with E-state index in [9.17, 15) is 13.2 Å². The van der Waals surface area contributed by atoms with E-state index in [1.54, 1.807) is 6.92 Å². The zero-order valence-electron chi connectivity index (χ0n) is 11.3. The monoisotopic (exact) mass is 289 g/mol. The second-order valence-corrected chi connectivity index (χ2v) is 4.61. The highest BCUT2D eigenvalue weighted by Crippen LogP contribution is 2.27. The summed E-state index contributed by atoms with van der Waals surface area (Å²) in [7, 11) is 0. The fraction of sp³-hybridized carbons (Fsp3) is 0.462. The first-order valence-electron chi connectivity index (χ1n) is 6.10. The molecule has 4 N–H and O–H groups in total. The highest BCUT2D eigenvalue weighted by atomic mass is 19.4. The van der Waals surface area contributed by atoms with Crippen LogP contribution < -0.4 is 11.1 Å². The fourth-order valence-corrected chi connectivity index (χ4v) is 1.93. The minimum atomic E-state index is -4.56. The molecule has 112 valence electrons. The Kier molecular flexibility index (Phi) is 5.38. The third kappa shape index (κ3) is 4.12. The van der Waals surface area contributed by atoms with Crippen molar-refractivity contribution in [2.45, 2.75) is 26.1 Å². The van der Waals surface area contributed by atoms with Gasteiger partial charge in [-0.05, 0) is 25.0 Å². The largest absolute Gasteiger partial charge is 0.409 e. The first kappa shape index (κ1) is 16.3. The Hall–Kier alpha value is -1.76. The Morgan fingerprint density at radius 2 is 2.00 bits per heavy atom. The van der Waals surface area contributed by atoms with E-state index in [0.717, 1.165) is 11.1 Å². The molecule has 1 unspecified atom stereocenters. The predicted molar refractivity (Wildman–Crippen MR) is 70.6 cm³/mol. The molecule has 0 spiro atoms. The third-order valence-corrected chi connectivity index (χ3v) is 3.15. The van der Waals surface area contributed by atoms with Crippen LogP contribution in [0.3, 0.4) is 0 Å². The van der Waals surface area contributed by atoms with E-state index in [1.807, 2.05) is 31.2 Å². The Morgan fingerprint density at radius 3 is 2.50 bits per heavy atom. The molecule has 7 heteroatoms. The van der Waals surface area contributed by atoms with Crippen LogP contribution in [-0.2, 0) is 0 Å². The number of amidine groups is 1. The number of rotatable bonds is 5. The summed E-state index contributed by atoms with van der Waals surface area (Å²) in [5, 5.41) is 13.7. The molecule has 1 rings (SSSR count). The number of alkyl halides is 3. The lowest BCUT2D eigenvalue weighted by atomic mass is 10.0. The molecule has 0 aliphatic rings. The van der Waals surface area contributed by atoms with Crippen molar-refractivity contribution in [2.75, 3.05) is 6.54 Å². The van der Waals surface area contributed by atoms with Gasteiger partial charge in [-0.3, -0.25) is 0 Å². The van der Waals surface area contributed by atoms with Crippen LogP contribution in [0.1, 0.15) is 24.1 Å². The van der Waals surface area contributed by atoms with E-state index in [2.05, 4.69) is 10.5 Å². The number of nitrogens with zero attached hydrogens (tertiary/aromatic N) is 1. The maximum absolute atomic E-state index is 12.8. The predicted octanol–water partition coefficient (Wildman–Crippen LogP) is 2.57. The molecular weight excluding hydrogens is 271 g/mol. The van der Waals surface area contributed by atoms with Gasteiger partial charge in [0.15, 0.2) is 5.84 Å². The maximum Gasteiger partial charge on any atom is 0.400 e. The normalized spacial score (nSPS) is 15.9. The highest BCUT2D eigenvalue weighted by molar-refractivity contribution is 5.83. The lowest BCUT2D eigenvalue weighted by Crippen LogP contribution is -2.43. The molecule has 0 amide bonds.